The maximum absolute atomic E-state index is 12.8. The summed E-state index contributed by atoms with van der Waals surface area (Å²) in [7, 11) is 0. The summed E-state index contributed by atoms with van der Waals surface area (Å²) in [6, 6.07) is 4.39. The quantitative estimate of drug-likeness (QED) is 0.396. The third-order valence-electron chi connectivity index (χ3n) is 5.27. The number of carbonyl (C=O) groups excluding carboxylic acids is 4. The highest BCUT2D eigenvalue weighted by Crippen LogP contribution is 2.33. The Kier molecular flexibility index (Phi) is 5.86. The monoisotopic (exact) mass is 458 g/mol. The molecule has 4 amide bonds. The van der Waals surface area contributed by atoms with Crippen molar-refractivity contribution in [1.29, 1.82) is 0 Å². The number of nitrogens with one attached hydrogen (secondary N) is 2. The first kappa shape index (κ1) is 21.4. The molecule has 0 radical (unpaired) electrons. The molecule has 2 aliphatic rings. The van der Waals surface area contributed by atoms with Crippen LogP contribution in [0.2, 0.25) is 0 Å². The molecule has 1 saturated heterocycles. The van der Waals surface area contributed by atoms with Crippen molar-refractivity contribution in [2.75, 3.05) is 0 Å². The maximum Gasteiger partial charge on any atom is 0.412 e. The van der Waals surface area contributed by atoms with Gasteiger partial charge in [0.15, 0.2) is 0 Å². The fraction of sp³-hybridized carbons (Fsp3) is 0.300. The molecular weight excluding hydrogens is 440 g/mol. The Hall–Kier alpha value is -3.80. The van der Waals surface area contributed by atoms with Gasteiger partial charge >= 0.3 is 6.09 Å². The average Bonchev–Trinajstić information content (AvgIpc) is 3.24. The van der Waals surface area contributed by atoms with E-state index in [2.05, 4.69) is 10.6 Å². The number of nitro groups is 1. The van der Waals surface area contributed by atoms with E-state index in [1.165, 1.54) is 40.5 Å². The van der Waals surface area contributed by atoms with E-state index < -0.39 is 23.0 Å². The van der Waals surface area contributed by atoms with Crippen LogP contribution in [0.5, 0.6) is 5.75 Å². The van der Waals surface area contributed by atoms with Gasteiger partial charge in [-0.1, -0.05) is 0 Å². The molecule has 0 bridgehead atoms. The Morgan fingerprint density at radius 2 is 2.03 bits per heavy atom. The topological polar surface area (TPSA) is 148 Å². The number of nitrogens with zero attached hydrogens (tertiary/aromatic N) is 2. The number of amides is 4. The van der Waals surface area contributed by atoms with E-state index in [9.17, 15) is 29.3 Å². The van der Waals surface area contributed by atoms with E-state index in [-0.39, 0.29) is 42.8 Å². The van der Waals surface area contributed by atoms with Gasteiger partial charge in [-0.2, -0.15) is 0 Å². The highest BCUT2D eigenvalue weighted by molar-refractivity contribution is 7.10. The highest BCUT2D eigenvalue weighted by atomic mass is 32.1. The fourth-order valence-corrected chi connectivity index (χ4v) is 4.65. The molecule has 166 valence electrons. The number of fused-ring (bicyclic) bond motifs is 1. The van der Waals surface area contributed by atoms with Crippen molar-refractivity contribution in [1.82, 2.24) is 15.5 Å². The molecule has 4 rings (SSSR count). The van der Waals surface area contributed by atoms with Crippen molar-refractivity contribution < 1.29 is 28.8 Å². The lowest BCUT2D eigenvalue weighted by Gasteiger charge is -2.25. The molecule has 12 heteroatoms. The highest BCUT2D eigenvalue weighted by Gasteiger charge is 2.39. The largest absolute Gasteiger partial charge is 0.412 e. The van der Waals surface area contributed by atoms with E-state index in [0.717, 1.165) is 10.4 Å². The minimum absolute atomic E-state index is 0.113. The van der Waals surface area contributed by atoms with Crippen LogP contribution >= 0.6 is 11.3 Å². The molecule has 1 atom stereocenters. The van der Waals surface area contributed by atoms with Crippen LogP contribution in [-0.2, 0) is 22.7 Å². The zero-order valence-corrected chi connectivity index (χ0v) is 17.5. The fourth-order valence-electron chi connectivity index (χ4n) is 3.67. The number of carbonyl (C=O) groups is 4. The number of benzene rings is 1. The van der Waals surface area contributed by atoms with Gasteiger partial charge in [-0.15, -0.1) is 11.3 Å². The Bertz CT molecular complexity index is 1110. The minimum Gasteiger partial charge on any atom is -0.410 e. The number of ether oxygens (including phenoxy) is 1. The zero-order chi connectivity index (χ0) is 22.8. The second kappa shape index (κ2) is 8.75. The number of hydrogen-bond donors (Lipinski definition) is 2. The second-order valence-corrected chi connectivity index (χ2v) is 8.26. The van der Waals surface area contributed by atoms with Crippen molar-refractivity contribution in [2.24, 2.45) is 0 Å². The first-order chi connectivity index (χ1) is 15.3. The predicted molar refractivity (Wildman–Crippen MR) is 111 cm³/mol. The lowest BCUT2D eigenvalue weighted by atomic mass is 10.1. The van der Waals surface area contributed by atoms with Gasteiger partial charge in [0.2, 0.25) is 11.8 Å². The Labute approximate surface area is 185 Å². The van der Waals surface area contributed by atoms with E-state index in [1.807, 2.05) is 0 Å². The predicted octanol–water partition coefficient (Wildman–Crippen LogP) is 2.10. The van der Waals surface area contributed by atoms with Crippen molar-refractivity contribution in [3.8, 4) is 5.75 Å². The van der Waals surface area contributed by atoms with Crippen molar-refractivity contribution in [3.05, 3.63) is 55.8 Å². The molecule has 11 nitrogen and oxygen atoms in total. The smallest absolute Gasteiger partial charge is 0.410 e. The normalized spacial score (nSPS) is 18.1. The molecule has 32 heavy (non-hydrogen) atoms. The summed E-state index contributed by atoms with van der Waals surface area (Å²) in [6.07, 6.45) is 0.426. The van der Waals surface area contributed by atoms with Crippen molar-refractivity contribution >= 4 is 40.8 Å². The Morgan fingerprint density at radius 1 is 1.28 bits per heavy atom. The molecule has 1 aromatic heterocycles. The molecular formula is C20H18N4O7S. The number of hydrogen-bond acceptors (Lipinski definition) is 8. The molecule has 0 aliphatic carbocycles. The summed E-state index contributed by atoms with van der Waals surface area (Å²) >= 11 is 1.32. The maximum atomic E-state index is 12.8. The van der Waals surface area contributed by atoms with E-state index in [4.69, 9.17) is 4.74 Å². The molecule has 3 heterocycles. The number of rotatable bonds is 5. The van der Waals surface area contributed by atoms with Crippen LogP contribution in [0.3, 0.4) is 0 Å². The molecule has 2 N–H and O–H groups in total. The second-order valence-electron chi connectivity index (χ2n) is 7.30. The SMILES string of the molecule is O=C1CCC[C@H](N2Cc3c(csc3CNC(=O)Oc3ccc([N+](=O)[O-])cc3)C2=O)C(=O)N1. The zero-order valence-electron chi connectivity index (χ0n) is 16.7. The average molecular weight is 458 g/mol. The van der Waals surface area contributed by atoms with Crippen LogP contribution in [0, 0.1) is 10.1 Å². The van der Waals surface area contributed by atoms with Crippen molar-refractivity contribution in [2.45, 2.75) is 38.4 Å². The van der Waals surface area contributed by atoms with Crippen LogP contribution in [0.25, 0.3) is 0 Å². The number of nitro benzene ring substituents is 1. The summed E-state index contributed by atoms with van der Waals surface area (Å²) < 4.78 is 5.11. The summed E-state index contributed by atoms with van der Waals surface area (Å²) in [5.41, 5.74) is 1.10. The molecule has 1 aromatic carbocycles. The van der Waals surface area contributed by atoms with Crippen LogP contribution in [0.4, 0.5) is 10.5 Å². The van der Waals surface area contributed by atoms with E-state index in [0.29, 0.717) is 18.4 Å². The van der Waals surface area contributed by atoms with Gasteiger partial charge in [0.05, 0.1) is 17.0 Å². The Morgan fingerprint density at radius 3 is 2.75 bits per heavy atom. The lowest BCUT2D eigenvalue weighted by molar-refractivity contribution is -0.384. The summed E-state index contributed by atoms with van der Waals surface area (Å²) in [5.74, 6) is -0.930. The molecule has 0 saturated carbocycles. The standard InChI is InChI=1S/C20H18N4O7S/c25-17-3-1-2-15(18(26)22-17)23-9-13-14(19(23)27)10-32-16(13)8-21-20(28)31-12-6-4-11(5-7-12)24(29)30/h4-7,10,15H,1-3,8-9H2,(H,21,28)(H,22,25,26)/t15-/m0/s1. The van der Waals surface area contributed by atoms with Crippen LogP contribution in [-0.4, -0.2) is 39.7 Å². The first-order valence-electron chi connectivity index (χ1n) is 9.77. The minimum atomic E-state index is -0.746. The molecule has 2 aromatic rings. The van der Waals surface area contributed by atoms with Crippen molar-refractivity contribution in [3.63, 3.8) is 0 Å². The first-order valence-corrected chi connectivity index (χ1v) is 10.7. The van der Waals surface area contributed by atoms with Gasteiger partial charge in [0.25, 0.3) is 11.6 Å². The van der Waals surface area contributed by atoms with Crippen LogP contribution < -0.4 is 15.4 Å². The van der Waals surface area contributed by atoms with Gasteiger partial charge in [-0.05, 0) is 30.5 Å². The van der Waals surface area contributed by atoms with E-state index >= 15 is 0 Å². The molecule has 1 fully saturated rings. The van der Waals surface area contributed by atoms with Gasteiger partial charge in [-0.3, -0.25) is 29.8 Å². The number of thiophene rings is 1. The molecule has 2 aliphatic heterocycles. The molecule has 0 unspecified atom stereocenters. The number of non-ortho nitro benzene ring substituents is 1. The lowest BCUT2D eigenvalue weighted by Crippen LogP contribution is -2.47. The molecule has 0 spiro atoms. The third kappa shape index (κ3) is 4.30. The van der Waals surface area contributed by atoms with Gasteiger partial charge in [0, 0.05) is 35.4 Å². The summed E-state index contributed by atoms with van der Waals surface area (Å²) in [6.45, 7) is 0.334. The van der Waals surface area contributed by atoms with Gasteiger partial charge in [0.1, 0.15) is 11.8 Å². The summed E-state index contributed by atoms with van der Waals surface area (Å²) in [5, 5.41) is 17.3. The number of imide groups is 1. The van der Waals surface area contributed by atoms with Gasteiger partial charge in [-0.25, -0.2) is 4.79 Å². The van der Waals surface area contributed by atoms with Gasteiger partial charge < -0.3 is 15.0 Å². The Balaban J connectivity index is 1.38. The summed E-state index contributed by atoms with van der Waals surface area (Å²) in [4.78, 5) is 61.1. The third-order valence-corrected chi connectivity index (χ3v) is 6.30. The van der Waals surface area contributed by atoms with Crippen LogP contribution in [0.15, 0.2) is 29.6 Å². The van der Waals surface area contributed by atoms with Crippen LogP contribution in [0.1, 0.15) is 40.1 Å². The van der Waals surface area contributed by atoms with E-state index in [1.54, 1.807) is 5.38 Å².